The Hall–Kier alpha value is -2.05. The van der Waals surface area contributed by atoms with E-state index >= 15 is 0 Å². The lowest BCUT2D eigenvalue weighted by Crippen LogP contribution is -2.34. The zero-order valence-corrected chi connectivity index (χ0v) is 12.2. The summed E-state index contributed by atoms with van der Waals surface area (Å²) in [4.78, 5) is 0. The fourth-order valence-electron chi connectivity index (χ4n) is 1.65. The molecule has 0 amide bonds. The summed E-state index contributed by atoms with van der Waals surface area (Å²) in [5.74, 6) is -0.121. The van der Waals surface area contributed by atoms with Gasteiger partial charge in [-0.05, 0) is 24.6 Å². The number of nitrogens with zero attached hydrogens (tertiary/aromatic N) is 3. The van der Waals surface area contributed by atoms with Crippen LogP contribution in [0, 0.1) is 6.92 Å². The van der Waals surface area contributed by atoms with Crippen molar-refractivity contribution in [2.75, 3.05) is 0 Å². The molecule has 104 valence electrons. The first-order valence-electron chi connectivity index (χ1n) is 5.67. The van der Waals surface area contributed by atoms with E-state index in [-0.39, 0.29) is 5.96 Å². The maximum Gasteiger partial charge on any atom is 0.315 e. The smallest absolute Gasteiger partial charge is 0.315 e. The van der Waals surface area contributed by atoms with E-state index in [2.05, 4.69) is 15.3 Å². The average Bonchev–Trinajstić information content (AvgIpc) is 2.67. The number of aromatic nitrogens is 2. The van der Waals surface area contributed by atoms with E-state index in [1.54, 1.807) is 10.7 Å². The lowest BCUT2D eigenvalue weighted by molar-refractivity contribution is -0.653. The summed E-state index contributed by atoms with van der Waals surface area (Å²) in [6.07, 6.45) is 1.47. The van der Waals surface area contributed by atoms with Crippen LogP contribution in [0.5, 0.6) is 0 Å². The van der Waals surface area contributed by atoms with Gasteiger partial charge in [0.25, 0.3) is 5.69 Å². The Kier molecular flexibility index (Phi) is 4.26. The molecule has 1 aromatic heterocycles. The number of aryl methyl sites for hydroxylation is 1. The molecule has 2 rings (SSSR count). The number of hydrogen-bond donors (Lipinski definition) is 3. The number of aromatic amines is 1. The normalized spacial score (nSPS) is 10.9. The van der Waals surface area contributed by atoms with E-state index in [9.17, 15) is 0 Å². The molecular formula is C12H13Cl2N6+. The third kappa shape index (κ3) is 2.92. The highest BCUT2D eigenvalue weighted by Crippen LogP contribution is 2.19. The maximum atomic E-state index is 6.32. The summed E-state index contributed by atoms with van der Waals surface area (Å²) in [6, 6.07) is 7.34. The lowest BCUT2D eigenvalue weighted by atomic mass is 10.3. The summed E-state index contributed by atoms with van der Waals surface area (Å²) >= 11 is 12.5. The van der Waals surface area contributed by atoms with E-state index in [1.165, 1.54) is 6.21 Å². The molecule has 0 atom stereocenters. The van der Waals surface area contributed by atoms with Crippen molar-refractivity contribution in [1.29, 1.82) is 0 Å². The van der Waals surface area contributed by atoms with Gasteiger partial charge in [-0.2, -0.15) is 10.2 Å². The number of H-pyrrole nitrogens is 1. The Morgan fingerprint density at radius 2 is 2.00 bits per heavy atom. The van der Waals surface area contributed by atoms with Gasteiger partial charge >= 0.3 is 5.15 Å². The van der Waals surface area contributed by atoms with Gasteiger partial charge in [-0.25, -0.2) is 0 Å². The molecule has 6 nitrogen and oxygen atoms in total. The highest BCUT2D eigenvalue weighted by atomic mass is 35.5. The second-order valence-electron chi connectivity index (χ2n) is 4.00. The molecule has 0 spiro atoms. The second kappa shape index (κ2) is 5.94. The zero-order chi connectivity index (χ0) is 14.7. The summed E-state index contributed by atoms with van der Waals surface area (Å²) in [7, 11) is 0. The second-order valence-corrected chi connectivity index (χ2v) is 4.76. The molecule has 0 aliphatic rings. The molecule has 0 fully saturated rings. The van der Waals surface area contributed by atoms with E-state index < -0.39 is 0 Å². The number of nitrogens with one attached hydrogen (secondary N) is 1. The van der Waals surface area contributed by atoms with Crippen LogP contribution in [0.1, 0.15) is 11.3 Å². The number of para-hydroxylation sites is 1. The Bertz CT molecular complexity index is 685. The van der Waals surface area contributed by atoms with E-state index in [0.29, 0.717) is 15.7 Å². The van der Waals surface area contributed by atoms with E-state index in [4.69, 9.17) is 34.7 Å². The van der Waals surface area contributed by atoms with Gasteiger partial charge < -0.3 is 11.5 Å². The summed E-state index contributed by atoms with van der Waals surface area (Å²) in [5.41, 5.74) is 12.6. The molecule has 0 saturated carbocycles. The third-order valence-corrected chi connectivity index (χ3v) is 3.25. The molecule has 0 unspecified atom stereocenters. The van der Waals surface area contributed by atoms with Crippen LogP contribution in [-0.4, -0.2) is 17.3 Å². The molecule has 0 aliphatic carbocycles. The van der Waals surface area contributed by atoms with E-state index in [0.717, 1.165) is 11.4 Å². The summed E-state index contributed by atoms with van der Waals surface area (Å²) < 4.78 is 1.66. The average molecular weight is 312 g/mol. The monoisotopic (exact) mass is 311 g/mol. The van der Waals surface area contributed by atoms with Crippen molar-refractivity contribution in [2.45, 2.75) is 6.92 Å². The Morgan fingerprint density at radius 3 is 2.65 bits per heavy atom. The lowest BCUT2D eigenvalue weighted by Gasteiger charge is -1.94. The quantitative estimate of drug-likeness (QED) is 0.347. The molecule has 5 N–H and O–H groups in total. The zero-order valence-electron chi connectivity index (χ0n) is 10.6. The van der Waals surface area contributed by atoms with Crippen molar-refractivity contribution in [2.24, 2.45) is 21.7 Å². The fraction of sp³-hybridized carbons (Fsp3) is 0.0833. The van der Waals surface area contributed by atoms with Crippen molar-refractivity contribution in [3.05, 3.63) is 45.7 Å². The number of guanidine groups is 1. The Labute approximate surface area is 125 Å². The minimum Gasteiger partial charge on any atom is -0.369 e. The first-order valence-corrected chi connectivity index (χ1v) is 6.43. The van der Waals surface area contributed by atoms with Crippen LogP contribution in [0.4, 0.5) is 0 Å². The molecule has 1 aromatic carbocycles. The van der Waals surface area contributed by atoms with Crippen molar-refractivity contribution in [1.82, 2.24) is 5.10 Å². The minimum absolute atomic E-state index is 0.121. The van der Waals surface area contributed by atoms with Gasteiger partial charge in [0.2, 0.25) is 5.96 Å². The highest BCUT2D eigenvalue weighted by Gasteiger charge is 2.24. The molecule has 20 heavy (non-hydrogen) atoms. The van der Waals surface area contributed by atoms with Crippen LogP contribution in [0.25, 0.3) is 5.69 Å². The maximum absolute atomic E-state index is 6.32. The largest absolute Gasteiger partial charge is 0.369 e. The third-order valence-electron chi connectivity index (χ3n) is 2.56. The molecule has 2 aromatic rings. The minimum atomic E-state index is -0.121. The standard InChI is InChI=1S/C12H12Cl2N6/c1-7-8(6-17-18-12(15)16)11(14)20(19-7)10-5-3-2-4-9(10)13/h2-6H,1H3,(H4,15,16,18)/p+1/b17-6+. The van der Waals surface area contributed by atoms with Crippen LogP contribution < -0.4 is 16.1 Å². The van der Waals surface area contributed by atoms with Gasteiger partial charge in [0.1, 0.15) is 10.6 Å². The van der Waals surface area contributed by atoms with Gasteiger partial charge in [0.15, 0.2) is 0 Å². The van der Waals surface area contributed by atoms with Gasteiger partial charge in [-0.3, -0.25) is 0 Å². The Morgan fingerprint density at radius 1 is 1.30 bits per heavy atom. The van der Waals surface area contributed by atoms with Gasteiger partial charge in [-0.15, -0.1) is 5.10 Å². The fourth-order valence-corrected chi connectivity index (χ4v) is 2.20. The molecule has 0 radical (unpaired) electrons. The summed E-state index contributed by atoms with van der Waals surface area (Å²) in [5, 5.41) is 11.4. The summed E-state index contributed by atoms with van der Waals surface area (Å²) in [6.45, 7) is 1.86. The molecule has 0 saturated heterocycles. The van der Waals surface area contributed by atoms with Crippen molar-refractivity contribution < 1.29 is 4.68 Å². The van der Waals surface area contributed by atoms with Crippen LogP contribution in [0.2, 0.25) is 10.2 Å². The first-order chi connectivity index (χ1) is 9.50. The van der Waals surface area contributed by atoms with Crippen molar-refractivity contribution in [3.63, 3.8) is 0 Å². The molecule has 0 aliphatic heterocycles. The van der Waals surface area contributed by atoms with Crippen LogP contribution in [0.3, 0.4) is 0 Å². The van der Waals surface area contributed by atoms with Crippen LogP contribution in [0.15, 0.2) is 34.5 Å². The predicted molar refractivity (Wildman–Crippen MR) is 80.5 cm³/mol. The van der Waals surface area contributed by atoms with Gasteiger partial charge in [-0.1, -0.05) is 28.4 Å². The van der Waals surface area contributed by atoms with Crippen LogP contribution in [-0.2, 0) is 0 Å². The number of rotatable bonds is 3. The van der Waals surface area contributed by atoms with E-state index in [1.807, 2.05) is 25.1 Å². The molecule has 0 bridgehead atoms. The van der Waals surface area contributed by atoms with Gasteiger partial charge in [0.05, 0.1) is 11.9 Å². The number of benzene rings is 1. The molecular weight excluding hydrogens is 299 g/mol. The predicted octanol–water partition coefficient (Wildman–Crippen LogP) is 1.51. The molecule has 8 heteroatoms. The molecule has 1 heterocycles. The number of nitrogens with two attached hydrogens (primary N) is 2. The first kappa shape index (κ1) is 14.4. The van der Waals surface area contributed by atoms with Crippen LogP contribution >= 0.6 is 23.2 Å². The Balaban J connectivity index is 2.47. The topological polar surface area (TPSA) is 96.4 Å². The number of halogens is 2. The van der Waals surface area contributed by atoms with Crippen molar-refractivity contribution >= 4 is 35.4 Å². The van der Waals surface area contributed by atoms with Crippen molar-refractivity contribution in [3.8, 4) is 5.69 Å². The SMILES string of the molecule is Cc1[nH][n+](-c2ccccc2Cl)c(Cl)c1/C=N/N=C(N)N. The highest BCUT2D eigenvalue weighted by molar-refractivity contribution is 6.32. The van der Waals surface area contributed by atoms with Gasteiger partial charge in [0, 0.05) is 6.07 Å². The number of hydrogen-bond acceptors (Lipinski definition) is 2.